The highest BCUT2D eigenvalue weighted by atomic mass is 19.1. The second kappa shape index (κ2) is 7.70. The van der Waals surface area contributed by atoms with Gasteiger partial charge in [-0.3, -0.25) is 9.48 Å². The van der Waals surface area contributed by atoms with Crippen LogP contribution in [0.2, 0.25) is 0 Å². The first kappa shape index (κ1) is 19.8. The molecule has 154 valence electrons. The van der Waals surface area contributed by atoms with Gasteiger partial charge in [-0.15, -0.1) is 0 Å². The summed E-state index contributed by atoms with van der Waals surface area (Å²) in [7, 11) is 1.88. The van der Waals surface area contributed by atoms with Gasteiger partial charge in [0.05, 0.1) is 22.3 Å². The second-order valence-electron chi connectivity index (χ2n) is 7.26. The fourth-order valence-electron chi connectivity index (χ4n) is 3.54. The summed E-state index contributed by atoms with van der Waals surface area (Å²) in [5, 5.41) is 7.24. The van der Waals surface area contributed by atoms with E-state index in [9.17, 15) is 13.6 Å². The Bertz CT molecular complexity index is 1260. The molecular formula is C22H21F2N5O. The van der Waals surface area contributed by atoms with Crippen LogP contribution in [0.3, 0.4) is 0 Å². The van der Waals surface area contributed by atoms with E-state index in [0.29, 0.717) is 29.6 Å². The smallest absolute Gasteiger partial charge is 0.224 e. The number of fused-ring (bicyclic) bond motifs is 1. The third kappa shape index (κ3) is 3.80. The Morgan fingerprint density at radius 1 is 1.17 bits per heavy atom. The molecule has 0 saturated carbocycles. The zero-order valence-corrected chi connectivity index (χ0v) is 16.9. The van der Waals surface area contributed by atoms with Crippen LogP contribution in [0.5, 0.6) is 0 Å². The van der Waals surface area contributed by atoms with Crippen LogP contribution in [0, 0.1) is 25.5 Å². The van der Waals surface area contributed by atoms with E-state index in [1.165, 1.54) is 0 Å². The van der Waals surface area contributed by atoms with Crippen LogP contribution >= 0.6 is 0 Å². The van der Waals surface area contributed by atoms with Gasteiger partial charge in [-0.1, -0.05) is 0 Å². The summed E-state index contributed by atoms with van der Waals surface area (Å²) in [6.45, 7) is 3.92. The minimum absolute atomic E-state index is 0.0546. The number of anilines is 1. The zero-order chi connectivity index (χ0) is 21.4. The van der Waals surface area contributed by atoms with E-state index in [1.807, 2.05) is 25.6 Å². The SMILES string of the molecule is Cc1nn(C)c(C)c1CCC(=O)Nc1ccc2nc(-c3cc(F)ccc3F)[nH]c2c1. The van der Waals surface area contributed by atoms with Crippen molar-refractivity contribution in [3.8, 4) is 11.4 Å². The molecule has 0 atom stereocenters. The number of rotatable bonds is 5. The fraction of sp³-hybridized carbons (Fsp3) is 0.227. The molecule has 0 saturated heterocycles. The summed E-state index contributed by atoms with van der Waals surface area (Å²) < 4.78 is 29.3. The number of carbonyl (C=O) groups excluding carboxylic acids is 1. The zero-order valence-electron chi connectivity index (χ0n) is 16.9. The van der Waals surface area contributed by atoms with Gasteiger partial charge in [0, 0.05) is 24.8 Å². The van der Waals surface area contributed by atoms with Gasteiger partial charge in [0.1, 0.15) is 17.5 Å². The van der Waals surface area contributed by atoms with Crippen LogP contribution in [-0.2, 0) is 18.3 Å². The molecule has 2 N–H and O–H groups in total. The van der Waals surface area contributed by atoms with E-state index < -0.39 is 11.6 Å². The number of hydrogen-bond acceptors (Lipinski definition) is 3. The van der Waals surface area contributed by atoms with E-state index in [4.69, 9.17) is 0 Å². The molecule has 1 amide bonds. The lowest BCUT2D eigenvalue weighted by Gasteiger charge is -2.06. The van der Waals surface area contributed by atoms with Crippen molar-refractivity contribution in [2.45, 2.75) is 26.7 Å². The maximum atomic E-state index is 14.0. The number of amides is 1. The van der Waals surface area contributed by atoms with Gasteiger partial charge in [-0.05, 0) is 62.2 Å². The molecule has 0 aliphatic rings. The first-order valence-electron chi connectivity index (χ1n) is 9.56. The van der Waals surface area contributed by atoms with Crippen LogP contribution in [0.4, 0.5) is 14.5 Å². The van der Waals surface area contributed by atoms with Crippen LogP contribution < -0.4 is 5.32 Å². The highest BCUT2D eigenvalue weighted by molar-refractivity contribution is 5.93. The molecule has 8 heteroatoms. The quantitative estimate of drug-likeness (QED) is 0.512. The van der Waals surface area contributed by atoms with Gasteiger partial charge in [-0.25, -0.2) is 13.8 Å². The Labute approximate surface area is 171 Å². The molecule has 2 heterocycles. The van der Waals surface area contributed by atoms with Crippen LogP contribution in [0.25, 0.3) is 22.4 Å². The van der Waals surface area contributed by atoms with Gasteiger partial charge < -0.3 is 10.3 Å². The van der Waals surface area contributed by atoms with E-state index >= 15 is 0 Å². The Morgan fingerprint density at radius 3 is 2.70 bits per heavy atom. The summed E-state index contributed by atoms with van der Waals surface area (Å²) in [6, 6.07) is 8.39. The summed E-state index contributed by atoms with van der Waals surface area (Å²) in [4.78, 5) is 19.7. The Morgan fingerprint density at radius 2 is 1.97 bits per heavy atom. The Kier molecular flexibility index (Phi) is 5.07. The molecule has 2 aromatic carbocycles. The number of aryl methyl sites for hydroxylation is 2. The van der Waals surface area contributed by atoms with Crippen molar-refractivity contribution in [1.82, 2.24) is 19.7 Å². The van der Waals surface area contributed by atoms with Crippen LogP contribution in [-0.4, -0.2) is 25.7 Å². The number of carbonyl (C=O) groups is 1. The number of imidazole rings is 1. The normalized spacial score (nSPS) is 11.2. The van der Waals surface area contributed by atoms with Crippen molar-refractivity contribution in [1.29, 1.82) is 0 Å². The molecule has 0 radical (unpaired) electrons. The predicted molar refractivity (Wildman–Crippen MR) is 111 cm³/mol. The molecule has 0 unspecified atom stereocenters. The first-order valence-corrected chi connectivity index (χ1v) is 9.56. The molecule has 2 aromatic heterocycles. The molecule has 0 spiro atoms. The van der Waals surface area contributed by atoms with Crippen LogP contribution in [0.15, 0.2) is 36.4 Å². The van der Waals surface area contributed by atoms with Gasteiger partial charge in [0.2, 0.25) is 5.91 Å². The van der Waals surface area contributed by atoms with Crippen molar-refractivity contribution < 1.29 is 13.6 Å². The van der Waals surface area contributed by atoms with Gasteiger partial charge in [0.15, 0.2) is 0 Å². The number of nitrogens with zero attached hydrogens (tertiary/aromatic N) is 3. The number of halogens is 2. The molecule has 0 aliphatic carbocycles. The molecule has 0 fully saturated rings. The van der Waals surface area contributed by atoms with Crippen molar-refractivity contribution in [3.05, 3.63) is 65.0 Å². The van der Waals surface area contributed by atoms with E-state index in [0.717, 1.165) is 35.2 Å². The maximum Gasteiger partial charge on any atom is 0.224 e. The molecular weight excluding hydrogens is 388 g/mol. The standard InChI is InChI=1S/C22H21F2N5O/c1-12-16(13(2)29(3)28-12)6-9-21(30)25-15-5-8-19-20(11-15)27-22(26-19)17-10-14(23)4-7-18(17)24/h4-5,7-8,10-11H,6,9H2,1-3H3,(H,25,30)(H,26,27). The Balaban J connectivity index is 1.49. The topological polar surface area (TPSA) is 75.6 Å². The lowest BCUT2D eigenvalue weighted by molar-refractivity contribution is -0.116. The first-order chi connectivity index (χ1) is 14.3. The number of benzene rings is 2. The van der Waals surface area contributed by atoms with Gasteiger partial charge >= 0.3 is 0 Å². The lowest BCUT2D eigenvalue weighted by Crippen LogP contribution is -2.12. The summed E-state index contributed by atoms with van der Waals surface area (Å²) in [6.07, 6.45) is 0.931. The highest BCUT2D eigenvalue weighted by Gasteiger charge is 2.14. The fourth-order valence-corrected chi connectivity index (χ4v) is 3.54. The molecule has 4 aromatic rings. The molecule has 0 aliphatic heterocycles. The third-order valence-corrected chi connectivity index (χ3v) is 5.21. The minimum atomic E-state index is -0.565. The second-order valence-corrected chi connectivity index (χ2v) is 7.26. The summed E-state index contributed by atoms with van der Waals surface area (Å²) in [5.74, 6) is -0.996. The average molecular weight is 409 g/mol. The average Bonchev–Trinajstić information content (AvgIpc) is 3.22. The molecule has 0 bridgehead atoms. The number of aromatic nitrogens is 4. The van der Waals surface area contributed by atoms with Gasteiger partial charge in [0.25, 0.3) is 0 Å². The third-order valence-electron chi connectivity index (χ3n) is 5.21. The Hall–Kier alpha value is -3.55. The highest BCUT2D eigenvalue weighted by Crippen LogP contribution is 2.25. The largest absolute Gasteiger partial charge is 0.338 e. The van der Waals surface area contributed by atoms with E-state index in [-0.39, 0.29) is 17.3 Å². The van der Waals surface area contributed by atoms with Gasteiger partial charge in [-0.2, -0.15) is 5.10 Å². The number of aromatic amines is 1. The number of H-pyrrole nitrogens is 1. The predicted octanol–water partition coefficient (Wildman–Crippen LogP) is 4.43. The monoisotopic (exact) mass is 409 g/mol. The molecule has 30 heavy (non-hydrogen) atoms. The molecule has 6 nitrogen and oxygen atoms in total. The van der Waals surface area contributed by atoms with E-state index in [2.05, 4.69) is 20.4 Å². The lowest BCUT2D eigenvalue weighted by atomic mass is 10.1. The van der Waals surface area contributed by atoms with Crippen molar-refractivity contribution in [3.63, 3.8) is 0 Å². The number of hydrogen-bond donors (Lipinski definition) is 2. The van der Waals surface area contributed by atoms with Crippen molar-refractivity contribution in [2.75, 3.05) is 5.32 Å². The van der Waals surface area contributed by atoms with Crippen molar-refractivity contribution >= 4 is 22.6 Å². The van der Waals surface area contributed by atoms with Crippen molar-refractivity contribution in [2.24, 2.45) is 7.05 Å². The maximum absolute atomic E-state index is 14.0. The number of nitrogens with one attached hydrogen (secondary N) is 2. The van der Waals surface area contributed by atoms with E-state index in [1.54, 1.807) is 18.2 Å². The summed E-state index contributed by atoms with van der Waals surface area (Å²) in [5.41, 5.74) is 4.92. The summed E-state index contributed by atoms with van der Waals surface area (Å²) >= 11 is 0. The van der Waals surface area contributed by atoms with Crippen LogP contribution in [0.1, 0.15) is 23.4 Å². The minimum Gasteiger partial charge on any atom is -0.338 e. The molecule has 4 rings (SSSR count).